The SMILES string of the molecule is CCN1CCc2c(sc3c2C(=O)N[C@@H](c2cccc(OC)c2OC)N3)C1. The van der Waals surface area contributed by atoms with E-state index in [0.717, 1.165) is 42.2 Å². The second-order valence-electron chi connectivity index (χ2n) is 6.46. The van der Waals surface area contributed by atoms with Crippen molar-refractivity contribution in [1.29, 1.82) is 0 Å². The Labute approximate surface area is 157 Å². The van der Waals surface area contributed by atoms with Crippen LogP contribution >= 0.6 is 11.3 Å². The Morgan fingerprint density at radius 2 is 2.12 bits per heavy atom. The average molecular weight is 373 g/mol. The van der Waals surface area contributed by atoms with Gasteiger partial charge in [0.2, 0.25) is 0 Å². The van der Waals surface area contributed by atoms with E-state index in [0.29, 0.717) is 11.5 Å². The minimum absolute atomic E-state index is 0.0175. The fraction of sp³-hybridized carbons (Fsp3) is 0.421. The van der Waals surface area contributed by atoms with Gasteiger partial charge in [0.05, 0.1) is 19.8 Å². The fourth-order valence-electron chi connectivity index (χ4n) is 3.73. The predicted octanol–water partition coefficient (Wildman–Crippen LogP) is 3.00. The maximum Gasteiger partial charge on any atom is 0.256 e. The number of likely N-dealkylation sites (N-methyl/N-ethyl adjacent to an activating group) is 1. The minimum atomic E-state index is -0.345. The van der Waals surface area contributed by atoms with Crippen LogP contribution in [-0.2, 0) is 13.0 Å². The van der Waals surface area contributed by atoms with Crippen molar-refractivity contribution in [3.05, 3.63) is 39.8 Å². The Hall–Kier alpha value is -2.25. The summed E-state index contributed by atoms with van der Waals surface area (Å²) in [6.45, 7) is 5.14. The smallest absolute Gasteiger partial charge is 0.256 e. The number of para-hydroxylation sites is 1. The van der Waals surface area contributed by atoms with Crippen LogP contribution in [0.25, 0.3) is 0 Å². The van der Waals surface area contributed by atoms with Gasteiger partial charge in [-0.2, -0.15) is 0 Å². The van der Waals surface area contributed by atoms with E-state index in [1.807, 2.05) is 18.2 Å². The summed E-state index contributed by atoms with van der Waals surface area (Å²) in [5, 5.41) is 7.53. The number of rotatable bonds is 4. The second kappa shape index (κ2) is 6.81. The van der Waals surface area contributed by atoms with Gasteiger partial charge in [0.15, 0.2) is 11.5 Å². The molecule has 26 heavy (non-hydrogen) atoms. The normalized spacial score (nSPS) is 19.2. The predicted molar refractivity (Wildman–Crippen MR) is 102 cm³/mol. The van der Waals surface area contributed by atoms with Crippen LogP contribution in [-0.4, -0.2) is 38.1 Å². The molecule has 2 aromatic rings. The lowest BCUT2D eigenvalue weighted by molar-refractivity contribution is 0.0934. The molecule has 0 saturated carbocycles. The molecule has 0 spiro atoms. The highest BCUT2D eigenvalue weighted by Gasteiger charge is 2.34. The van der Waals surface area contributed by atoms with E-state index in [-0.39, 0.29) is 12.1 Å². The molecule has 0 bridgehead atoms. The maximum absolute atomic E-state index is 12.9. The number of nitrogens with one attached hydrogen (secondary N) is 2. The van der Waals surface area contributed by atoms with Gasteiger partial charge in [-0.1, -0.05) is 19.1 Å². The molecule has 2 N–H and O–H groups in total. The molecule has 3 heterocycles. The summed E-state index contributed by atoms with van der Waals surface area (Å²) >= 11 is 1.70. The summed E-state index contributed by atoms with van der Waals surface area (Å²) in [6.07, 6.45) is 0.583. The molecular weight excluding hydrogens is 350 g/mol. The van der Waals surface area contributed by atoms with Crippen LogP contribution in [0.15, 0.2) is 18.2 Å². The van der Waals surface area contributed by atoms with Gasteiger partial charge < -0.3 is 20.1 Å². The third-order valence-electron chi connectivity index (χ3n) is 5.11. The number of fused-ring (bicyclic) bond motifs is 3. The Morgan fingerprint density at radius 3 is 2.85 bits per heavy atom. The second-order valence-corrected chi connectivity index (χ2v) is 7.57. The van der Waals surface area contributed by atoms with Gasteiger partial charge in [-0.3, -0.25) is 9.69 Å². The first-order chi connectivity index (χ1) is 12.7. The molecule has 1 atom stereocenters. The minimum Gasteiger partial charge on any atom is -0.493 e. The topological polar surface area (TPSA) is 62.8 Å². The highest BCUT2D eigenvalue weighted by molar-refractivity contribution is 7.16. The molecule has 1 aromatic heterocycles. The first-order valence-corrected chi connectivity index (χ1v) is 9.63. The Morgan fingerprint density at radius 1 is 1.27 bits per heavy atom. The molecule has 138 valence electrons. The average Bonchev–Trinajstić information content (AvgIpc) is 3.04. The number of thiophene rings is 1. The van der Waals surface area contributed by atoms with E-state index in [1.165, 1.54) is 10.4 Å². The van der Waals surface area contributed by atoms with Crippen LogP contribution in [0.5, 0.6) is 11.5 Å². The lowest BCUT2D eigenvalue weighted by Crippen LogP contribution is -2.39. The molecule has 7 heteroatoms. The zero-order chi connectivity index (χ0) is 18.3. The van der Waals surface area contributed by atoms with E-state index < -0.39 is 0 Å². The number of anilines is 1. The summed E-state index contributed by atoms with van der Waals surface area (Å²) in [5.41, 5.74) is 2.88. The van der Waals surface area contributed by atoms with E-state index in [9.17, 15) is 4.79 Å². The molecule has 0 unspecified atom stereocenters. The Balaban J connectivity index is 1.70. The van der Waals surface area contributed by atoms with Crippen molar-refractivity contribution in [3.8, 4) is 11.5 Å². The monoisotopic (exact) mass is 373 g/mol. The quantitative estimate of drug-likeness (QED) is 0.863. The lowest BCUT2D eigenvalue weighted by atomic mass is 10.00. The Bertz CT molecular complexity index is 849. The number of hydrogen-bond acceptors (Lipinski definition) is 6. The number of carbonyl (C=O) groups excluding carboxylic acids is 1. The first-order valence-electron chi connectivity index (χ1n) is 8.81. The first kappa shape index (κ1) is 17.2. The third kappa shape index (κ3) is 2.71. The zero-order valence-electron chi connectivity index (χ0n) is 15.2. The third-order valence-corrected chi connectivity index (χ3v) is 6.25. The van der Waals surface area contributed by atoms with Crippen molar-refractivity contribution < 1.29 is 14.3 Å². The van der Waals surface area contributed by atoms with Crippen molar-refractivity contribution in [3.63, 3.8) is 0 Å². The molecule has 0 aliphatic carbocycles. The molecule has 1 amide bonds. The van der Waals surface area contributed by atoms with Crippen molar-refractivity contribution >= 4 is 22.2 Å². The molecule has 0 fully saturated rings. The molecule has 4 rings (SSSR count). The summed E-state index contributed by atoms with van der Waals surface area (Å²) in [7, 11) is 3.22. The molecular formula is C19H23N3O3S. The van der Waals surface area contributed by atoms with Crippen LogP contribution < -0.4 is 20.1 Å². The Kier molecular flexibility index (Phi) is 4.50. The van der Waals surface area contributed by atoms with E-state index in [1.54, 1.807) is 25.6 Å². The largest absolute Gasteiger partial charge is 0.493 e. The fourth-order valence-corrected chi connectivity index (χ4v) is 5.05. The summed E-state index contributed by atoms with van der Waals surface area (Å²) in [5.74, 6) is 1.27. The van der Waals surface area contributed by atoms with Gasteiger partial charge in [-0.25, -0.2) is 0 Å². The zero-order valence-corrected chi connectivity index (χ0v) is 16.0. The number of methoxy groups -OCH3 is 2. The van der Waals surface area contributed by atoms with Gasteiger partial charge in [0.25, 0.3) is 5.91 Å². The van der Waals surface area contributed by atoms with Gasteiger partial charge in [-0.05, 0) is 24.6 Å². The van der Waals surface area contributed by atoms with Crippen molar-refractivity contribution in [2.75, 3.05) is 32.6 Å². The van der Waals surface area contributed by atoms with E-state index >= 15 is 0 Å². The van der Waals surface area contributed by atoms with Crippen molar-refractivity contribution in [2.24, 2.45) is 0 Å². The van der Waals surface area contributed by atoms with Gasteiger partial charge in [0.1, 0.15) is 11.2 Å². The van der Waals surface area contributed by atoms with Crippen molar-refractivity contribution in [2.45, 2.75) is 26.1 Å². The number of nitrogens with zero attached hydrogens (tertiary/aromatic N) is 1. The molecule has 6 nitrogen and oxygen atoms in total. The lowest BCUT2D eigenvalue weighted by Gasteiger charge is -2.29. The van der Waals surface area contributed by atoms with Crippen LogP contribution in [0.4, 0.5) is 5.00 Å². The van der Waals surface area contributed by atoms with Crippen molar-refractivity contribution in [1.82, 2.24) is 10.2 Å². The van der Waals surface area contributed by atoms with Gasteiger partial charge in [0, 0.05) is 23.5 Å². The number of benzene rings is 1. The van der Waals surface area contributed by atoms with E-state index in [2.05, 4.69) is 22.5 Å². The van der Waals surface area contributed by atoms with Crippen LogP contribution in [0.3, 0.4) is 0 Å². The summed E-state index contributed by atoms with van der Waals surface area (Å²) in [6, 6.07) is 5.69. The molecule has 2 aliphatic rings. The van der Waals surface area contributed by atoms with Crippen LogP contribution in [0.2, 0.25) is 0 Å². The number of carbonyl (C=O) groups is 1. The number of hydrogen-bond donors (Lipinski definition) is 2. The van der Waals surface area contributed by atoms with Gasteiger partial charge >= 0.3 is 0 Å². The van der Waals surface area contributed by atoms with Gasteiger partial charge in [-0.15, -0.1) is 11.3 Å². The van der Waals surface area contributed by atoms with Crippen LogP contribution in [0, 0.1) is 0 Å². The molecule has 1 aromatic carbocycles. The molecule has 0 saturated heterocycles. The standard InChI is InChI=1S/C19H23N3O3S/c1-4-22-9-8-11-14(10-22)26-19-15(11)18(23)20-17(21-19)12-6-5-7-13(24-2)16(12)25-3/h5-7,17,21H,4,8-10H2,1-3H3,(H,20,23)/t17-/m1/s1. The summed E-state index contributed by atoms with van der Waals surface area (Å²) < 4.78 is 10.9. The van der Waals surface area contributed by atoms with Crippen LogP contribution in [0.1, 0.15) is 39.5 Å². The highest BCUT2D eigenvalue weighted by Crippen LogP contribution is 2.43. The summed E-state index contributed by atoms with van der Waals surface area (Å²) in [4.78, 5) is 16.6. The number of amides is 1. The molecule has 2 aliphatic heterocycles. The highest BCUT2D eigenvalue weighted by atomic mass is 32.1. The maximum atomic E-state index is 12.9. The molecule has 0 radical (unpaired) electrons. The number of ether oxygens (including phenoxy) is 2. The van der Waals surface area contributed by atoms with E-state index in [4.69, 9.17) is 9.47 Å².